The number of aromatic nitrogens is 1. The van der Waals surface area contributed by atoms with E-state index in [0.29, 0.717) is 11.3 Å². The van der Waals surface area contributed by atoms with Crippen molar-refractivity contribution in [3.05, 3.63) is 58.4 Å². The highest BCUT2D eigenvalue weighted by atomic mass is 32.2. The van der Waals surface area contributed by atoms with E-state index in [0.717, 1.165) is 40.9 Å². The number of hydrogen-bond acceptors (Lipinski definition) is 4. The zero-order chi connectivity index (χ0) is 21.8. The fourth-order valence-electron chi connectivity index (χ4n) is 3.75. The van der Waals surface area contributed by atoms with Crippen LogP contribution in [0, 0.1) is 19.3 Å². The zero-order valence-corrected chi connectivity index (χ0v) is 19.0. The SMILES string of the molecule is C#CCn1c(=NC(=O)CSCC(=O)N2CCCc3ccccc32)sc2cc(C)ccc21. The number of benzene rings is 2. The molecule has 2 amide bonds. The van der Waals surface area contributed by atoms with E-state index in [2.05, 4.69) is 23.0 Å². The Bertz CT molecular complexity index is 1250. The lowest BCUT2D eigenvalue weighted by molar-refractivity contribution is -0.116. The Hall–Kier alpha value is -2.82. The van der Waals surface area contributed by atoms with Crippen LogP contribution in [0.2, 0.25) is 0 Å². The molecule has 0 saturated carbocycles. The number of amides is 2. The lowest BCUT2D eigenvalue weighted by atomic mass is 10.0. The monoisotopic (exact) mass is 449 g/mol. The molecule has 2 aromatic carbocycles. The molecular formula is C24H23N3O2S2. The molecule has 1 aliphatic rings. The first-order valence-electron chi connectivity index (χ1n) is 10.1. The van der Waals surface area contributed by atoms with Crippen molar-refractivity contribution in [1.82, 2.24) is 4.57 Å². The molecule has 0 aliphatic carbocycles. The standard InChI is InChI=1S/C24H23N3O2S2/c1-3-12-27-20-11-10-17(2)14-21(20)31-24(27)25-22(28)15-30-16-23(29)26-13-6-8-18-7-4-5-9-19(18)26/h1,4-5,7,9-11,14H,6,8,12-13,15-16H2,2H3. The van der Waals surface area contributed by atoms with Gasteiger partial charge in [0, 0.05) is 12.2 Å². The average molecular weight is 450 g/mol. The predicted molar refractivity (Wildman–Crippen MR) is 128 cm³/mol. The van der Waals surface area contributed by atoms with Crippen molar-refractivity contribution in [1.29, 1.82) is 0 Å². The van der Waals surface area contributed by atoms with Gasteiger partial charge in [-0.3, -0.25) is 9.59 Å². The van der Waals surface area contributed by atoms with E-state index in [1.807, 2.05) is 46.7 Å². The number of thiazole rings is 1. The molecule has 7 heteroatoms. The number of para-hydroxylation sites is 1. The number of thioether (sulfide) groups is 1. The lowest BCUT2D eigenvalue weighted by Gasteiger charge is -2.29. The van der Waals surface area contributed by atoms with Crippen LogP contribution in [-0.2, 0) is 22.6 Å². The minimum absolute atomic E-state index is 0.0321. The lowest BCUT2D eigenvalue weighted by Crippen LogP contribution is -2.36. The van der Waals surface area contributed by atoms with Crippen LogP contribution in [0.25, 0.3) is 10.2 Å². The van der Waals surface area contributed by atoms with E-state index in [9.17, 15) is 9.59 Å². The number of hydrogen-bond donors (Lipinski definition) is 0. The second-order valence-corrected chi connectivity index (χ2v) is 9.42. The normalized spacial score (nSPS) is 13.8. The summed E-state index contributed by atoms with van der Waals surface area (Å²) in [5.41, 5.74) is 4.32. The van der Waals surface area contributed by atoms with Gasteiger partial charge in [-0.2, -0.15) is 4.99 Å². The molecule has 1 aromatic heterocycles. The summed E-state index contributed by atoms with van der Waals surface area (Å²) in [5, 5.41) is 0. The Labute approximate surface area is 189 Å². The summed E-state index contributed by atoms with van der Waals surface area (Å²) in [6.07, 6.45) is 7.48. The van der Waals surface area contributed by atoms with Crippen LogP contribution in [-0.4, -0.2) is 34.4 Å². The summed E-state index contributed by atoms with van der Waals surface area (Å²) in [4.78, 5) is 32.0. The summed E-state index contributed by atoms with van der Waals surface area (Å²) in [6.45, 7) is 3.11. The van der Waals surface area contributed by atoms with E-state index in [4.69, 9.17) is 6.42 Å². The Morgan fingerprint density at radius 1 is 1.23 bits per heavy atom. The quantitative estimate of drug-likeness (QED) is 0.557. The number of anilines is 1. The third kappa shape index (κ3) is 4.76. The van der Waals surface area contributed by atoms with Gasteiger partial charge in [0.15, 0.2) is 4.80 Å². The van der Waals surface area contributed by atoms with Crippen LogP contribution >= 0.6 is 23.1 Å². The molecule has 0 N–H and O–H groups in total. The summed E-state index contributed by atoms with van der Waals surface area (Å²) in [7, 11) is 0. The number of nitrogens with zero attached hydrogens (tertiary/aromatic N) is 3. The molecule has 4 rings (SSSR count). The van der Waals surface area contributed by atoms with Crippen molar-refractivity contribution in [3.8, 4) is 12.3 Å². The van der Waals surface area contributed by atoms with Crippen LogP contribution in [0.15, 0.2) is 47.5 Å². The van der Waals surface area contributed by atoms with Gasteiger partial charge in [-0.15, -0.1) is 18.2 Å². The van der Waals surface area contributed by atoms with E-state index < -0.39 is 0 Å². The summed E-state index contributed by atoms with van der Waals surface area (Å²) in [5.74, 6) is 2.82. The molecule has 0 unspecified atom stereocenters. The summed E-state index contributed by atoms with van der Waals surface area (Å²) >= 11 is 2.76. The number of fused-ring (bicyclic) bond motifs is 2. The molecule has 0 spiro atoms. The highest BCUT2D eigenvalue weighted by Gasteiger charge is 2.22. The van der Waals surface area contributed by atoms with Gasteiger partial charge in [0.1, 0.15) is 0 Å². The molecule has 0 bridgehead atoms. The fourth-order valence-corrected chi connectivity index (χ4v) is 5.56. The Kier molecular flexibility index (Phi) is 6.59. The largest absolute Gasteiger partial charge is 0.311 e. The van der Waals surface area contributed by atoms with Crippen molar-refractivity contribution in [2.75, 3.05) is 23.0 Å². The minimum atomic E-state index is -0.258. The molecule has 31 heavy (non-hydrogen) atoms. The number of rotatable bonds is 5. The van der Waals surface area contributed by atoms with Crippen LogP contribution in [0.3, 0.4) is 0 Å². The van der Waals surface area contributed by atoms with Gasteiger partial charge in [-0.25, -0.2) is 0 Å². The summed E-state index contributed by atoms with van der Waals surface area (Å²) < 4.78 is 2.94. The van der Waals surface area contributed by atoms with Gasteiger partial charge in [0.2, 0.25) is 5.91 Å². The van der Waals surface area contributed by atoms with E-state index in [-0.39, 0.29) is 23.3 Å². The van der Waals surface area contributed by atoms with Crippen molar-refractivity contribution in [3.63, 3.8) is 0 Å². The van der Waals surface area contributed by atoms with Crippen molar-refractivity contribution < 1.29 is 9.59 Å². The topological polar surface area (TPSA) is 54.7 Å². The number of aryl methyl sites for hydroxylation is 2. The van der Waals surface area contributed by atoms with Gasteiger partial charge in [0.25, 0.3) is 5.91 Å². The van der Waals surface area contributed by atoms with Crippen LogP contribution in [0.1, 0.15) is 17.5 Å². The molecule has 2 heterocycles. The molecule has 5 nitrogen and oxygen atoms in total. The Morgan fingerprint density at radius 2 is 2.06 bits per heavy atom. The van der Waals surface area contributed by atoms with Crippen molar-refractivity contribution in [2.24, 2.45) is 4.99 Å². The zero-order valence-electron chi connectivity index (χ0n) is 17.3. The molecule has 0 fully saturated rings. The smallest absolute Gasteiger partial charge is 0.258 e. The minimum Gasteiger partial charge on any atom is -0.311 e. The number of terminal acetylenes is 1. The van der Waals surface area contributed by atoms with Crippen molar-refractivity contribution >= 4 is 50.8 Å². The third-order valence-electron chi connectivity index (χ3n) is 5.17. The van der Waals surface area contributed by atoms with Gasteiger partial charge in [-0.1, -0.05) is 41.5 Å². The first kappa shape index (κ1) is 21.4. The van der Waals surface area contributed by atoms with Crippen LogP contribution in [0.4, 0.5) is 5.69 Å². The maximum atomic E-state index is 12.7. The highest BCUT2D eigenvalue weighted by Crippen LogP contribution is 2.27. The molecule has 0 atom stereocenters. The second-order valence-electron chi connectivity index (χ2n) is 7.42. The van der Waals surface area contributed by atoms with Crippen LogP contribution in [0.5, 0.6) is 0 Å². The summed E-state index contributed by atoms with van der Waals surface area (Å²) in [6, 6.07) is 14.1. The highest BCUT2D eigenvalue weighted by molar-refractivity contribution is 8.00. The Morgan fingerprint density at radius 3 is 2.90 bits per heavy atom. The predicted octanol–water partition coefficient (Wildman–Crippen LogP) is 3.78. The van der Waals surface area contributed by atoms with Gasteiger partial charge < -0.3 is 9.47 Å². The number of carbonyl (C=O) groups excluding carboxylic acids is 2. The molecule has 0 radical (unpaired) electrons. The maximum Gasteiger partial charge on any atom is 0.258 e. The third-order valence-corrected chi connectivity index (χ3v) is 7.11. The van der Waals surface area contributed by atoms with E-state index in [1.54, 1.807) is 0 Å². The first-order valence-corrected chi connectivity index (χ1v) is 12.1. The number of carbonyl (C=O) groups is 2. The Balaban J connectivity index is 1.43. The van der Waals surface area contributed by atoms with Crippen molar-refractivity contribution in [2.45, 2.75) is 26.3 Å². The van der Waals surface area contributed by atoms with E-state index >= 15 is 0 Å². The van der Waals surface area contributed by atoms with Gasteiger partial charge >= 0.3 is 0 Å². The van der Waals surface area contributed by atoms with Gasteiger partial charge in [-0.05, 0) is 49.1 Å². The van der Waals surface area contributed by atoms with Crippen LogP contribution < -0.4 is 9.70 Å². The first-order chi connectivity index (χ1) is 15.1. The molecular weight excluding hydrogens is 426 g/mol. The maximum absolute atomic E-state index is 12.7. The molecule has 0 saturated heterocycles. The average Bonchev–Trinajstić information content (AvgIpc) is 3.09. The molecule has 3 aromatic rings. The van der Waals surface area contributed by atoms with Gasteiger partial charge in [0.05, 0.1) is 28.3 Å². The molecule has 158 valence electrons. The fraction of sp³-hybridized carbons (Fsp3) is 0.292. The second kappa shape index (κ2) is 9.54. The molecule has 1 aliphatic heterocycles. The van der Waals surface area contributed by atoms with E-state index in [1.165, 1.54) is 28.7 Å².